The molecule has 5 heteroatoms. The highest BCUT2D eigenvalue weighted by Crippen LogP contribution is 2.17. The Balaban J connectivity index is 3.13. The van der Waals surface area contributed by atoms with Crippen molar-refractivity contribution in [3.05, 3.63) is 23.9 Å². The molecule has 0 bridgehead atoms. The predicted molar refractivity (Wildman–Crippen MR) is 48.9 cm³/mol. The molecule has 0 atom stereocenters. The first-order chi connectivity index (χ1) is 6.54. The van der Waals surface area contributed by atoms with Crippen LogP contribution in [0.2, 0.25) is 0 Å². The van der Waals surface area contributed by atoms with Crippen molar-refractivity contribution in [2.24, 2.45) is 0 Å². The van der Waals surface area contributed by atoms with Crippen molar-refractivity contribution >= 4 is 11.6 Å². The van der Waals surface area contributed by atoms with Crippen molar-refractivity contribution in [2.75, 3.05) is 19.0 Å². The molecule has 1 heterocycles. The van der Waals surface area contributed by atoms with Gasteiger partial charge >= 0.3 is 6.43 Å². The molecule has 1 aromatic rings. The number of rotatable bonds is 3. The first kappa shape index (κ1) is 10.6. The minimum atomic E-state index is -2.99. The standard InChI is InChI=1S/C9H10F2N2O/c1-13(2)9-6(4-3-5-12-9)7(14)8(10)11/h3-5,8H,1-2H3. The van der Waals surface area contributed by atoms with Gasteiger partial charge in [0.05, 0.1) is 5.56 Å². The van der Waals surface area contributed by atoms with Gasteiger partial charge < -0.3 is 4.90 Å². The largest absolute Gasteiger partial charge is 0.362 e. The zero-order valence-corrected chi connectivity index (χ0v) is 7.87. The van der Waals surface area contributed by atoms with Crippen molar-refractivity contribution in [1.82, 2.24) is 4.98 Å². The molecule has 14 heavy (non-hydrogen) atoms. The molecule has 1 aromatic heterocycles. The van der Waals surface area contributed by atoms with Crippen LogP contribution in [0.1, 0.15) is 10.4 Å². The normalized spacial score (nSPS) is 10.4. The molecule has 0 aliphatic rings. The van der Waals surface area contributed by atoms with Crippen LogP contribution in [-0.4, -0.2) is 31.3 Å². The van der Waals surface area contributed by atoms with Gasteiger partial charge in [-0.3, -0.25) is 4.79 Å². The number of hydrogen-bond donors (Lipinski definition) is 0. The first-order valence-corrected chi connectivity index (χ1v) is 3.98. The summed E-state index contributed by atoms with van der Waals surface area (Å²) in [5.74, 6) is -0.931. The lowest BCUT2D eigenvalue weighted by Gasteiger charge is -2.14. The average Bonchev–Trinajstić information content (AvgIpc) is 2.16. The summed E-state index contributed by atoms with van der Waals surface area (Å²) in [5, 5.41) is 0. The number of nitrogens with zero attached hydrogens (tertiary/aromatic N) is 2. The van der Waals surface area contributed by atoms with Crippen molar-refractivity contribution in [3.63, 3.8) is 0 Å². The molecule has 3 nitrogen and oxygen atoms in total. The van der Waals surface area contributed by atoms with Crippen LogP contribution in [0.4, 0.5) is 14.6 Å². The van der Waals surface area contributed by atoms with Gasteiger partial charge in [-0.25, -0.2) is 13.8 Å². The molecule has 0 fully saturated rings. The number of halogens is 2. The van der Waals surface area contributed by atoms with Crippen molar-refractivity contribution in [2.45, 2.75) is 6.43 Å². The quantitative estimate of drug-likeness (QED) is 0.695. The van der Waals surface area contributed by atoms with Crippen LogP contribution in [0.15, 0.2) is 18.3 Å². The number of carbonyl (C=O) groups excluding carboxylic acids is 1. The molecule has 0 aromatic carbocycles. The predicted octanol–water partition coefficient (Wildman–Crippen LogP) is 1.60. The third-order valence-corrected chi connectivity index (χ3v) is 1.67. The fourth-order valence-corrected chi connectivity index (χ4v) is 1.06. The van der Waals surface area contributed by atoms with Crippen LogP contribution in [0.25, 0.3) is 0 Å². The van der Waals surface area contributed by atoms with Gasteiger partial charge in [0.1, 0.15) is 5.82 Å². The minimum absolute atomic E-state index is 0.0486. The van der Waals surface area contributed by atoms with E-state index < -0.39 is 12.2 Å². The molecule has 0 aliphatic heterocycles. The third-order valence-electron chi connectivity index (χ3n) is 1.67. The summed E-state index contributed by atoms with van der Waals surface area (Å²) in [6.07, 6.45) is -1.53. The zero-order valence-electron chi connectivity index (χ0n) is 7.87. The number of anilines is 1. The van der Waals surface area contributed by atoms with Crippen LogP contribution >= 0.6 is 0 Å². The highest BCUT2D eigenvalue weighted by Gasteiger charge is 2.21. The van der Waals surface area contributed by atoms with Gasteiger partial charge in [-0.2, -0.15) is 0 Å². The van der Waals surface area contributed by atoms with E-state index in [1.54, 1.807) is 14.1 Å². The molecule has 0 saturated carbocycles. The minimum Gasteiger partial charge on any atom is -0.362 e. The van der Waals surface area contributed by atoms with E-state index in [1.807, 2.05) is 0 Å². The second kappa shape index (κ2) is 4.13. The zero-order chi connectivity index (χ0) is 10.7. The van der Waals surface area contributed by atoms with E-state index >= 15 is 0 Å². The lowest BCUT2D eigenvalue weighted by molar-refractivity contribution is 0.0679. The Kier molecular flexibility index (Phi) is 3.11. The maximum atomic E-state index is 12.2. The van der Waals surface area contributed by atoms with E-state index in [2.05, 4.69) is 4.98 Å². The van der Waals surface area contributed by atoms with Crippen LogP contribution in [0.5, 0.6) is 0 Å². The van der Waals surface area contributed by atoms with Gasteiger partial charge in [0.2, 0.25) is 5.78 Å². The Bertz CT molecular complexity index is 339. The molecular weight excluding hydrogens is 190 g/mol. The molecule has 0 saturated heterocycles. The van der Waals surface area contributed by atoms with Gasteiger partial charge in [0.15, 0.2) is 0 Å². The highest BCUT2D eigenvalue weighted by atomic mass is 19.3. The lowest BCUT2D eigenvalue weighted by Crippen LogP contribution is -2.18. The molecule has 76 valence electrons. The molecule has 1 rings (SSSR count). The van der Waals surface area contributed by atoms with Gasteiger partial charge in [0, 0.05) is 20.3 Å². The van der Waals surface area contributed by atoms with Crippen LogP contribution in [0, 0.1) is 0 Å². The van der Waals surface area contributed by atoms with Crippen molar-refractivity contribution in [1.29, 1.82) is 0 Å². The van der Waals surface area contributed by atoms with Crippen LogP contribution in [-0.2, 0) is 0 Å². The molecule has 0 spiro atoms. The molecule has 0 radical (unpaired) electrons. The number of ketones is 1. The Morgan fingerprint density at radius 3 is 2.64 bits per heavy atom. The Labute approximate surface area is 80.4 Å². The summed E-state index contributed by atoms with van der Waals surface area (Å²) in [4.78, 5) is 16.4. The average molecular weight is 200 g/mol. The van der Waals surface area contributed by atoms with E-state index in [0.29, 0.717) is 0 Å². The lowest BCUT2D eigenvalue weighted by atomic mass is 10.1. The van der Waals surface area contributed by atoms with Gasteiger partial charge in [-0.05, 0) is 12.1 Å². The second-order valence-corrected chi connectivity index (χ2v) is 2.93. The first-order valence-electron chi connectivity index (χ1n) is 3.98. The summed E-state index contributed by atoms with van der Waals surface area (Å²) in [5.41, 5.74) is -0.0486. The Hall–Kier alpha value is -1.52. The summed E-state index contributed by atoms with van der Waals surface area (Å²) in [6, 6.07) is 2.80. The number of alkyl halides is 2. The van der Waals surface area contributed by atoms with Gasteiger partial charge in [-0.1, -0.05) is 0 Å². The maximum Gasteiger partial charge on any atom is 0.300 e. The number of pyridine rings is 1. The molecule has 0 N–H and O–H groups in total. The number of hydrogen-bond acceptors (Lipinski definition) is 3. The molecule has 0 amide bonds. The third kappa shape index (κ3) is 2.04. The van der Waals surface area contributed by atoms with Gasteiger partial charge in [-0.15, -0.1) is 0 Å². The fourth-order valence-electron chi connectivity index (χ4n) is 1.06. The molecular formula is C9H10F2N2O. The van der Waals surface area contributed by atoms with Crippen molar-refractivity contribution < 1.29 is 13.6 Å². The monoisotopic (exact) mass is 200 g/mol. The van der Waals surface area contributed by atoms with E-state index in [-0.39, 0.29) is 11.4 Å². The second-order valence-electron chi connectivity index (χ2n) is 2.93. The number of carbonyl (C=O) groups is 1. The fraction of sp³-hybridized carbons (Fsp3) is 0.333. The summed E-state index contributed by atoms with van der Waals surface area (Å²) >= 11 is 0. The summed E-state index contributed by atoms with van der Waals surface area (Å²) in [7, 11) is 3.29. The van der Waals surface area contributed by atoms with Crippen LogP contribution in [0.3, 0.4) is 0 Å². The summed E-state index contributed by atoms with van der Waals surface area (Å²) in [6.45, 7) is 0. The van der Waals surface area contributed by atoms with E-state index in [9.17, 15) is 13.6 Å². The topological polar surface area (TPSA) is 33.2 Å². The molecule has 0 unspecified atom stereocenters. The van der Waals surface area contributed by atoms with Crippen LogP contribution < -0.4 is 4.90 Å². The number of Topliss-reactive ketones (excluding diaryl/α,β-unsaturated/α-hetero) is 1. The van der Waals surface area contributed by atoms with E-state index in [0.717, 1.165) is 0 Å². The van der Waals surface area contributed by atoms with E-state index in [1.165, 1.54) is 23.2 Å². The molecule has 0 aliphatic carbocycles. The highest BCUT2D eigenvalue weighted by molar-refractivity contribution is 6.02. The Morgan fingerprint density at radius 2 is 2.14 bits per heavy atom. The smallest absolute Gasteiger partial charge is 0.300 e. The number of aromatic nitrogens is 1. The maximum absolute atomic E-state index is 12.2. The van der Waals surface area contributed by atoms with Crippen molar-refractivity contribution in [3.8, 4) is 0 Å². The Morgan fingerprint density at radius 1 is 1.50 bits per heavy atom. The van der Waals surface area contributed by atoms with Gasteiger partial charge in [0.25, 0.3) is 0 Å². The van der Waals surface area contributed by atoms with E-state index in [4.69, 9.17) is 0 Å². The SMILES string of the molecule is CN(C)c1ncccc1C(=O)C(F)F. The summed E-state index contributed by atoms with van der Waals surface area (Å²) < 4.78 is 24.3.